The van der Waals surface area contributed by atoms with E-state index in [0.29, 0.717) is 12.5 Å². The van der Waals surface area contributed by atoms with Gasteiger partial charge in [0.15, 0.2) is 0 Å². The van der Waals surface area contributed by atoms with Crippen molar-refractivity contribution in [3.8, 4) is 0 Å². The van der Waals surface area contributed by atoms with E-state index in [1.54, 1.807) is 0 Å². The van der Waals surface area contributed by atoms with E-state index < -0.39 is 0 Å². The van der Waals surface area contributed by atoms with E-state index >= 15 is 0 Å². The molecule has 0 radical (unpaired) electrons. The molecule has 0 spiro atoms. The van der Waals surface area contributed by atoms with Crippen LogP contribution in [0.4, 0.5) is 0 Å². The van der Waals surface area contributed by atoms with Gasteiger partial charge in [-0.05, 0) is 62.4 Å². The van der Waals surface area contributed by atoms with E-state index in [9.17, 15) is 0 Å². The van der Waals surface area contributed by atoms with Crippen LogP contribution in [0.25, 0.3) is 0 Å². The van der Waals surface area contributed by atoms with Crippen LogP contribution in [0.1, 0.15) is 22.3 Å². The van der Waals surface area contributed by atoms with Crippen LogP contribution in [0.5, 0.6) is 0 Å². The van der Waals surface area contributed by atoms with Gasteiger partial charge in [0.25, 0.3) is 0 Å². The SMILES string of the molecule is Cc1cc(C)cc(CC(CN)Cc2cccc(Cl)c2)c1. The second kappa shape index (κ2) is 6.92. The smallest absolute Gasteiger partial charge is 0.0408 e. The minimum Gasteiger partial charge on any atom is -0.330 e. The van der Waals surface area contributed by atoms with Crippen molar-refractivity contribution >= 4 is 11.6 Å². The van der Waals surface area contributed by atoms with Gasteiger partial charge in [0, 0.05) is 5.02 Å². The van der Waals surface area contributed by atoms with Crippen LogP contribution < -0.4 is 5.73 Å². The third kappa shape index (κ3) is 4.36. The summed E-state index contributed by atoms with van der Waals surface area (Å²) in [5.41, 5.74) is 11.2. The summed E-state index contributed by atoms with van der Waals surface area (Å²) >= 11 is 6.04. The van der Waals surface area contributed by atoms with Crippen molar-refractivity contribution in [2.24, 2.45) is 11.7 Å². The van der Waals surface area contributed by atoms with Gasteiger partial charge in [-0.25, -0.2) is 0 Å². The zero-order valence-corrected chi connectivity index (χ0v) is 13.0. The normalized spacial score (nSPS) is 12.4. The molecule has 1 nitrogen and oxygen atoms in total. The summed E-state index contributed by atoms with van der Waals surface area (Å²) in [6, 6.07) is 14.8. The first kappa shape index (κ1) is 15.1. The van der Waals surface area contributed by atoms with Crippen LogP contribution >= 0.6 is 11.6 Å². The average molecular weight is 288 g/mol. The number of benzene rings is 2. The maximum atomic E-state index is 6.04. The molecule has 0 amide bonds. The van der Waals surface area contributed by atoms with Crippen molar-refractivity contribution < 1.29 is 0 Å². The molecule has 0 heterocycles. The van der Waals surface area contributed by atoms with Crippen LogP contribution in [0, 0.1) is 19.8 Å². The molecule has 106 valence electrons. The standard InChI is InChI=1S/C18H22ClN/c1-13-6-14(2)8-16(7-13)10-17(12-20)9-15-4-3-5-18(19)11-15/h3-8,11,17H,9-10,12,20H2,1-2H3. The molecule has 2 rings (SSSR count). The molecule has 0 fully saturated rings. The lowest BCUT2D eigenvalue weighted by atomic mass is 9.91. The summed E-state index contributed by atoms with van der Waals surface area (Å²) in [5.74, 6) is 0.453. The molecule has 2 N–H and O–H groups in total. The predicted octanol–water partition coefficient (Wildman–Crippen LogP) is 4.32. The molecule has 0 bridgehead atoms. The second-order valence-electron chi connectivity index (χ2n) is 5.64. The maximum Gasteiger partial charge on any atom is 0.0408 e. The fraction of sp³-hybridized carbons (Fsp3) is 0.333. The monoisotopic (exact) mass is 287 g/mol. The number of halogens is 1. The first-order valence-corrected chi connectivity index (χ1v) is 7.46. The molecule has 0 aliphatic carbocycles. The number of aryl methyl sites for hydroxylation is 2. The summed E-state index contributed by atoms with van der Waals surface area (Å²) in [6.45, 7) is 4.98. The summed E-state index contributed by atoms with van der Waals surface area (Å²) in [5, 5.41) is 0.796. The minimum atomic E-state index is 0.453. The van der Waals surface area contributed by atoms with Crippen molar-refractivity contribution in [1.82, 2.24) is 0 Å². The Balaban J connectivity index is 2.09. The summed E-state index contributed by atoms with van der Waals surface area (Å²) < 4.78 is 0. The third-order valence-corrected chi connectivity index (χ3v) is 3.79. The lowest BCUT2D eigenvalue weighted by molar-refractivity contribution is 0.533. The molecule has 2 heteroatoms. The summed E-state index contributed by atoms with van der Waals surface area (Å²) in [4.78, 5) is 0. The first-order valence-electron chi connectivity index (χ1n) is 7.08. The lowest BCUT2D eigenvalue weighted by Crippen LogP contribution is -2.19. The van der Waals surface area contributed by atoms with Gasteiger partial charge in [-0.3, -0.25) is 0 Å². The van der Waals surface area contributed by atoms with Gasteiger partial charge >= 0.3 is 0 Å². The van der Waals surface area contributed by atoms with E-state index in [2.05, 4.69) is 38.1 Å². The average Bonchev–Trinajstić information content (AvgIpc) is 2.36. The quantitative estimate of drug-likeness (QED) is 0.871. The Hall–Kier alpha value is -1.31. The molecular weight excluding hydrogens is 266 g/mol. The van der Waals surface area contributed by atoms with Gasteiger partial charge < -0.3 is 5.73 Å². The van der Waals surface area contributed by atoms with Crippen LogP contribution in [0.2, 0.25) is 5.02 Å². The Labute approximate surface area is 126 Å². The fourth-order valence-corrected chi connectivity index (χ4v) is 2.97. The highest BCUT2D eigenvalue weighted by Gasteiger charge is 2.10. The summed E-state index contributed by atoms with van der Waals surface area (Å²) in [7, 11) is 0. The number of nitrogens with two attached hydrogens (primary N) is 1. The van der Waals surface area contributed by atoms with Crippen LogP contribution in [0.15, 0.2) is 42.5 Å². The van der Waals surface area contributed by atoms with Crippen molar-refractivity contribution in [3.05, 3.63) is 69.7 Å². The van der Waals surface area contributed by atoms with Crippen LogP contribution in [0.3, 0.4) is 0 Å². The van der Waals surface area contributed by atoms with E-state index in [-0.39, 0.29) is 0 Å². The molecule has 0 aliphatic heterocycles. The molecule has 0 saturated heterocycles. The Morgan fingerprint density at radius 2 is 1.60 bits per heavy atom. The zero-order chi connectivity index (χ0) is 14.5. The third-order valence-electron chi connectivity index (χ3n) is 3.55. The van der Waals surface area contributed by atoms with Gasteiger partial charge in [0.05, 0.1) is 0 Å². The van der Waals surface area contributed by atoms with E-state index in [1.165, 1.54) is 22.3 Å². The molecule has 2 aromatic rings. The highest BCUT2D eigenvalue weighted by Crippen LogP contribution is 2.18. The van der Waals surface area contributed by atoms with E-state index in [1.807, 2.05) is 18.2 Å². The van der Waals surface area contributed by atoms with Gasteiger partial charge in [-0.15, -0.1) is 0 Å². The Morgan fingerprint density at radius 1 is 0.950 bits per heavy atom. The van der Waals surface area contributed by atoms with E-state index in [0.717, 1.165) is 17.9 Å². The topological polar surface area (TPSA) is 26.0 Å². The highest BCUT2D eigenvalue weighted by atomic mass is 35.5. The Morgan fingerprint density at radius 3 is 2.20 bits per heavy atom. The predicted molar refractivity (Wildman–Crippen MR) is 87.3 cm³/mol. The molecule has 1 atom stereocenters. The second-order valence-corrected chi connectivity index (χ2v) is 6.07. The van der Waals surface area contributed by atoms with Gasteiger partial charge in [0.1, 0.15) is 0 Å². The number of hydrogen-bond donors (Lipinski definition) is 1. The fourth-order valence-electron chi connectivity index (χ4n) is 2.76. The first-order chi connectivity index (χ1) is 9.56. The molecular formula is C18H22ClN. The zero-order valence-electron chi connectivity index (χ0n) is 12.2. The van der Waals surface area contributed by atoms with Crippen molar-refractivity contribution in [2.75, 3.05) is 6.54 Å². The van der Waals surface area contributed by atoms with Crippen molar-refractivity contribution in [3.63, 3.8) is 0 Å². The Bertz CT molecular complexity index is 557. The molecule has 2 aromatic carbocycles. The number of rotatable bonds is 5. The minimum absolute atomic E-state index is 0.453. The Kier molecular flexibility index (Phi) is 5.22. The molecule has 20 heavy (non-hydrogen) atoms. The largest absolute Gasteiger partial charge is 0.330 e. The van der Waals surface area contributed by atoms with Gasteiger partial charge in [-0.2, -0.15) is 0 Å². The highest BCUT2D eigenvalue weighted by molar-refractivity contribution is 6.30. The van der Waals surface area contributed by atoms with Crippen molar-refractivity contribution in [1.29, 1.82) is 0 Å². The van der Waals surface area contributed by atoms with E-state index in [4.69, 9.17) is 17.3 Å². The van der Waals surface area contributed by atoms with Crippen LogP contribution in [-0.4, -0.2) is 6.54 Å². The molecule has 0 aliphatic rings. The van der Waals surface area contributed by atoms with Crippen molar-refractivity contribution in [2.45, 2.75) is 26.7 Å². The maximum absolute atomic E-state index is 6.04. The molecule has 0 saturated carbocycles. The molecule has 0 aromatic heterocycles. The summed E-state index contributed by atoms with van der Waals surface area (Å²) in [6.07, 6.45) is 2.00. The molecule has 1 unspecified atom stereocenters. The van der Waals surface area contributed by atoms with Gasteiger partial charge in [-0.1, -0.05) is 53.1 Å². The van der Waals surface area contributed by atoms with Crippen LogP contribution in [-0.2, 0) is 12.8 Å². The number of hydrogen-bond acceptors (Lipinski definition) is 1. The lowest BCUT2D eigenvalue weighted by Gasteiger charge is -2.16. The van der Waals surface area contributed by atoms with Gasteiger partial charge in [0.2, 0.25) is 0 Å².